The molecule has 212 valence electrons. The van der Waals surface area contributed by atoms with E-state index in [0.29, 0.717) is 19.5 Å². The Bertz CT molecular complexity index is 1460. The molecule has 0 N–H and O–H groups in total. The van der Waals surface area contributed by atoms with E-state index in [1.807, 2.05) is 42.2 Å². The third-order valence-corrected chi connectivity index (χ3v) is 13.9. The topological polar surface area (TPSA) is 40.6 Å². The number of amides is 1. The Balaban J connectivity index is 1.21. The van der Waals surface area contributed by atoms with Crippen LogP contribution in [0.25, 0.3) is 0 Å². The number of benzene rings is 4. The molecule has 1 unspecified atom stereocenters. The van der Waals surface area contributed by atoms with Gasteiger partial charge >= 0.3 is 0 Å². The van der Waals surface area contributed by atoms with E-state index in [1.165, 1.54) is 16.2 Å². The fourth-order valence-corrected chi connectivity index (χ4v) is 10.5. The van der Waals surface area contributed by atoms with E-state index >= 15 is 0 Å². The van der Waals surface area contributed by atoms with E-state index < -0.39 is 18.1 Å². The van der Waals surface area contributed by atoms with Crippen LogP contribution in [-0.2, 0) is 15.6 Å². The van der Waals surface area contributed by atoms with Crippen LogP contribution in [-0.4, -0.2) is 54.0 Å². The van der Waals surface area contributed by atoms with Crippen molar-refractivity contribution >= 4 is 40.3 Å². The Morgan fingerprint density at radius 2 is 1.34 bits per heavy atom. The Hall–Kier alpha value is -3.27. The third kappa shape index (κ3) is 6.63. The van der Waals surface area contributed by atoms with E-state index in [2.05, 4.69) is 91.3 Å². The SMILES string of the molecule is Cc1ccc(S(=O)c2ccccc2N2CCN(C(=O)CCC[P+](C)(c3ccccc3)c3ccccc3)CC2)c(C)c1. The molecule has 0 bridgehead atoms. The second-order valence-corrected chi connectivity index (χ2v) is 16.3. The van der Waals surface area contributed by atoms with Crippen molar-refractivity contribution in [1.82, 2.24) is 4.90 Å². The average Bonchev–Trinajstić information content (AvgIpc) is 3.01. The van der Waals surface area contributed by atoms with E-state index in [4.69, 9.17) is 0 Å². The van der Waals surface area contributed by atoms with Gasteiger partial charge in [-0.25, -0.2) is 4.21 Å². The second-order valence-electron chi connectivity index (χ2n) is 11.1. The van der Waals surface area contributed by atoms with E-state index in [0.717, 1.165) is 46.7 Å². The van der Waals surface area contributed by atoms with Gasteiger partial charge in [-0.1, -0.05) is 66.2 Å². The number of para-hydroxylation sites is 1. The van der Waals surface area contributed by atoms with Crippen molar-refractivity contribution in [2.24, 2.45) is 0 Å². The first kappa shape index (κ1) is 29.2. The number of rotatable bonds is 9. The summed E-state index contributed by atoms with van der Waals surface area (Å²) in [6.45, 7) is 9.34. The summed E-state index contributed by atoms with van der Waals surface area (Å²) >= 11 is 0. The zero-order chi connectivity index (χ0) is 28.8. The molecule has 0 radical (unpaired) electrons. The summed E-state index contributed by atoms with van der Waals surface area (Å²) in [5, 5.41) is 2.79. The molecular formula is C35H40N2O2PS+. The summed E-state index contributed by atoms with van der Waals surface area (Å²) < 4.78 is 13.6. The van der Waals surface area contributed by atoms with Crippen LogP contribution in [0.4, 0.5) is 5.69 Å². The van der Waals surface area contributed by atoms with Gasteiger partial charge in [-0.05, 0) is 68.3 Å². The first-order valence-electron chi connectivity index (χ1n) is 14.4. The summed E-state index contributed by atoms with van der Waals surface area (Å²) in [5.74, 6) is 0.240. The fraction of sp³-hybridized carbons (Fsp3) is 0.286. The summed E-state index contributed by atoms with van der Waals surface area (Å²) in [6.07, 6.45) is 2.47. The molecule has 1 fully saturated rings. The van der Waals surface area contributed by atoms with Gasteiger partial charge in [0.25, 0.3) is 0 Å². The quantitative estimate of drug-likeness (QED) is 0.221. The van der Waals surface area contributed by atoms with Gasteiger partial charge in [-0.2, -0.15) is 0 Å². The molecule has 1 saturated heterocycles. The van der Waals surface area contributed by atoms with Crippen LogP contribution in [0, 0.1) is 13.8 Å². The van der Waals surface area contributed by atoms with Gasteiger partial charge in [0, 0.05) is 37.5 Å². The molecule has 1 aliphatic rings. The molecule has 0 aliphatic carbocycles. The minimum atomic E-state index is -1.58. The van der Waals surface area contributed by atoms with Crippen molar-refractivity contribution in [3.63, 3.8) is 0 Å². The van der Waals surface area contributed by atoms with Gasteiger partial charge in [0.1, 0.15) is 0 Å². The highest BCUT2D eigenvalue weighted by Gasteiger charge is 2.37. The third-order valence-electron chi connectivity index (χ3n) is 8.22. The van der Waals surface area contributed by atoms with E-state index in [1.54, 1.807) is 0 Å². The van der Waals surface area contributed by atoms with Crippen molar-refractivity contribution in [3.8, 4) is 0 Å². The zero-order valence-electron chi connectivity index (χ0n) is 24.3. The number of anilines is 1. The Kier molecular flexibility index (Phi) is 9.37. The number of hydrogen-bond acceptors (Lipinski definition) is 3. The van der Waals surface area contributed by atoms with Crippen molar-refractivity contribution in [3.05, 3.63) is 114 Å². The summed E-state index contributed by atoms with van der Waals surface area (Å²) in [5.41, 5.74) is 3.22. The smallest absolute Gasteiger partial charge is 0.222 e. The van der Waals surface area contributed by atoms with Crippen molar-refractivity contribution < 1.29 is 9.00 Å². The first-order valence-corrected chi connectivity index (χ1v) is 18.0. The molecule has 1 atom stereocenters. The lowest BCUT2D eigenvalue weighted by Gasteiger charge is -2.37. The lowest BCUT2D eigenvalue weighted by atomic mass is 10.2. The lowest BCUT2D eigenvalue weighted by Crippen LogP contribution is -2.49. The van der Waals surface area contributed by atoms with Gasteiger partial charge < -0.3 is 9.80 Å². The minimum Gasteiger partial charge on any atom is -0.367 e. The molecule has 41 heavy (non-hydrogen) atoms. The van der Waals surface area contributed by atoms with Crippen molar-refractivity contribution in [2.75, 3.05) is 43.9 Å². The normalized spacial score (nSPS) is 14.6. The molecule has 1 aliphatic heterocycles. The van der Waals surface area contributed by atoms with Crippen LogP contribution in [0.15, 0.2) is 113 Å². The number of carbonyl (C=O) groups excluding carboxylic acids is 1. The van der Waals surface area contributed by atoms with Crippen LogP contribution in [0.2, 0.25) is 0 Å². The van der Waals surface area contributed by atoms with Gasteiger partial charge in [0.2, 0.25) is 5.91 Å². The van der Waals surface area contributed by atoms with Crippen LogP contribution < -0.4 is 15.5 Å². The summed E-state index contributed by atoms with van der Waals surface area (Å²) in [6, 6.07) is 35.7. The Morgan fingerprint density at radius 1 is 0.756 bits per heavy atom. The number of aryl methyl sites for hydroxylation is 2. The molecule has 0 saturated carbocycles. The molecule has 0 spiro atoms. The highest BCUT2D eigenvalue weighted by molar-refractivity contribution is 7.88. The predicted octanol–water partition coefficient (Wildman–Crippen LogP) is 6.20. The highest BCUT2D eigenvalue weighted by atomic mass is 32.2. The van der Waals surface area contributed by atoms with Crippen LogP contribution in [0.1, 0.15) is 24.0 Å². The Labute approximate surface area is 248 Å². The van der Waals surface area contributed by atoms with Crippen molar-refractivity contribution in [2.45, 2.75) is 36.5 Å². The van der Waals surface area contributed by atoms with Crippen molar-refractivity contribution in [1.29, 1.82) is 0 Å². The van der Waals surface area contributed by atoms with Crippen LogP contribution in [0.5, 0.6) is 0 Å². The first-order chi connectivity index (χ1) is 19.9. The summed E-state index contributed by atoms with van der Waals surface area (Å²) in [7, 11) is -2.84. The zero-order valence-corrected chi connectivity index (χ0v) is 26.0. The Morgan fingerprint density at radius 3 is 1.95 bits per heavy atom. The standard InChI is InChI=1S/C35H40N2O2PS/c1-28-20-21-33(29(2)27-28)41(39)34-18-11-10-17-32(34)36-22-24-37(25-23-36)35(38)19-12-26-40(3,30-13-6-4-7-14-30)31-15-8-5-9-16-31/h4-11,13-18,20-21,27H,12,19,22-26H2,1-3H3/q+1. The molecule has 5 rings (SSSR count). The molecule has 0 aromatic heterocycles. The molecule has 6 heteroatoms. The molecule has 4 aromatic carbocycles. The number of carbonyl (C=O) groups is 1. The minimum absolute atomic E-state index is 0.240. The van der Waals surface area contributed by atoms with E-state index in [9.17, 15) is 9.00 Å². The highest BCUT2D eigenvalue weighted by Crippen LogP contribution is 2.53. The fourth-order valence-electron chi connectivity index (χ4n) is 5.82. The maximum atomic E-state index is 13.6. The van der Waals surface area contributed by atoms with Crippen LogP contribution in [0.3, 0.4) is 0 Å². The molecule has 4 aromatic rings. The van der Waals surface area contributed by atoms with Gasteiger partial charge in [-0.3, -0.25) is 4.79 Å². The second kappa shape index (κ2) is 13.1. The number of piperazine rings is 1. The number of hydrogen-bond donors (Lipinski definition) is 0. The number of nitrogens with zero attached hydrogens (tertiary/aromatic N) is 2. The molecule has 1 heterocycles. The van der Waals surface area contributed by atoms with Crippen LogP contribution >= 0.6 is 7.26 Å². The van der Waals surface area contributed by atoms with E-state index in [-0.39, 0.29) is 5.91 Å². The lowest BCUT2D eigenvalue weighted by molar-refractivity contribution is -0.131. The summed E-state index contributed by atoms with van der Waals surface area (Å²) in [4.78, 5) is 19.3. The monoisotopic (exact) mass is 583 g/mol. The van der Waals surface area contributed by atoms with Gasteiger partial charge in [0.15, 0.2) is 0 Å². The average molecular weight is 584 g/mol. The van der Waals surface area contributed by atoms with Gasteiger partial charge in [-0.15, -0.1) is 0 Å². The maximum Gasteiger partial charge on any atom is 0.222 e. The predicted molar refractivity (Wildman–Crippen MR) is 175 cm³/mol. The maximum absolute atomic E-state index is 13.6. The largest absolute Gasteiger partial charge is 0.367 e. The molecular weight excluding hydrogens is 543 g/mol. The molecule has 1 amide bonds. The molecule has 4 nitrogen and oxygen atoms in total. The van der Waals surface area contributed by atoms with Gasteiger partial charge in [0.05, 0.1) is 52.1 Å².